The van der Waals surface area contributed by atoms with Gasteiger partial charge in [0.2, 0.25) is 0 Å². The van der Waals surface area contributed by atoms with E-state index < -0.39 is 0 Å². The predicted molar refractivity (Wildman–Crippen MR) is 87.9 cm³/mol. The van der Waals surface area contributed by atoms with Gasteiger partial charge in [0.25, 0.3) is 0 Å². The van der Waals surface area contributed by atoms with Gasteiger partial charge in [-0.05, 0) is 68.1 Å². The molecule has 0 amide bonds. The molecule has 2 N–H and O–H groups in total. The number of fused-ring (bicyclic) bond motifs is 4. The third-order valence-corrected chi connectivity index (χ3v) is 8.95. The molecule has 0 bridgehead atoms. The van der Waals surface area contributed by atoms with Crippen LogP contribution in [-0.2, 0) is 4.74 Å². The van der Waals surface area contributed by atoms with Gasteiger partial charge in [-0.1, -0.05) is 13.8 Å². The molecule has 8 atom stereocenters. The third kappa shape index (κ3) is 1.48. The van der Waals surface area contributed by atoms with Crippen molar-refractivity contribution in [2.75, 3.05) is 0 Å². The molecule has 5 aliphatic rings. The molecule has 3 unspecified atom stereocenters. The highest BCUT2D eigenvalue weighted by atomic mass is 16.6. The fraction of sp³-hybridized carbons (Fsp3) is 0.850. The lowest BCUT2D eigenvalue weighted by molar-refractivity contribution is -0.116. The van der Waals surface area contributed by atoms with Gasteiger partial charge in [-0.15, -0.1) is 0 Å². The second kappa shape index (κ2) is 4.37. The number of aliphatic hydroxyl groups excluding tert-OH is 2. The standard InChI is InChI=1S/C20H27NO3/c1-18-7-6-14-12(13(18)3-4-15(18)22)5-8-20-17(24-20)16(23)11(10-21)9-19(14,20)2/h12-15,17,22-23H,3-9H2,1-2H3/t12-,13-,14+,15?,17?,18-,19+,20?/m0/s1. The number of hydrogen-bond acceptors (Lipinski definition) is 4. The van der Waals surface area contributed by atoms with Crippen LogP contribution < -0.4 is 0 Å². The molecule has 1 saturated heterocycles. The number of nitrogens with zero attached hydrogens (tertiary/aromatic N) is 1. The van der Waals surface area contributed by atoms with Gasteiger partial charge < -0.3 is 14.9 Å². The van der Waals surface area contributed by atoms with Crippen LogP contribution in [0.3, 0.4) is 0 Å². The predicted octanol–water partition coefficient (Wildman–Crippen LogP) is 3.47. The summed E-state index contributed by atoms with van der Waals surface area (Å²) in [4.78, 5) is 0. The molecule has 5 rings (SSSR count). The van der Waals surface area contributed by atoms with Crippen molar-refractivity contribution in [2.24, 2.45) is 28.6 Å². The first-order chi connectivity index (χ1) is 11.4. The molecule has 0 aromatic heterocycles. The number of epoxide rings is 1. The van der Waals surface area contributed by atoms with Crippen molar-refractivity contribution in [3.8, 4) is 6.07 Å². The minimum Gasteiger partial charge on any atom is -0.508 e. The number of hydrogen-bond donors (Lipinski definition) is 2. The highest BCUT2D eigenvalue weighted by Crippen LogP contribution is 2.73. The Morgan fingerprint density at radius 1 is 1.12 bits per heavy atom. The van der Waals surface area contributed by atoms with E-state index in [-0.39, 0.29) is 34.4 Å². The average molecular weight is 329 g/mol. The molecule has 0 aromatic carbocycles. The van der Waals surface area contributed by atoms with Crippen LogP contribution in [-0.4, -0.2) is 28.0 Å². The molecule has 4 aliphatic carbocycles. The molecule has 130 valence electrons. The molecule has 24 heavy (non-hydrogen) atoms. The normalized spacial score (nSPS) is 58.2. The van der Waals surface area contributed by atoms with Crippen LogP contribution in [0.5, 0.6) is 0 Å². The Balaban J connectivity index is 1.55. The number of ether oxygens (including phenoxy) is 1. The SMILES string of the molecule is C[C@]12CC[C@@H]3[C@@H](CCC45OC4C(O)=C(C#N)C[C@]35C)[C@@H]1CCC2O. The van der Waals surface area contributed by atoms with Crippen LogP contribution in [0.1, 0.15) is 58.8 Å². The molecule has 1 aliphatic heterocycles. The molecule has 4 heteroatoms. The van der Waals surface area contributed by atoms with Crippen LogP contribution >= 0.6 is 0 Å². The number of nitriles is 1. The second-order valence-electron chi connectivity index (χ2n) is 9.51. The largest absolute Gasteiger partial charge is 0.508 e. The lowest BCUT2D eigenvalue weighted by Gasteiger charge is -2.58. The summed E-state index contributed by atoms with van der Waals surface area (Å²) in [6, 6.07) is 2.23. The average Bonchev–Trinajstić information content (AvgIpc) is 3.23. The van der Waals surface area contributed by atoms with Crippen LogP contribution in [0, 0.1) is 39.9 Å². The number of aliphatic hydroxyl groups is 2. The van der Waals surface area contributed by atoms with E-state index in [2.05, 4.69) is 19.9 Å². The van der Waals surface area contributed by atoms with Crippen molar-refractivity contribution in [1.82, 2.24) is 0 Å². The first-order valence-corrected chi connectivity index (χ1v) is 9.55. The Hall–Kier alpha value is -1.05. The molecular formula is C20H27NO3. The van der Waals surface area contributed by atoms with Crippen LogP contribution in [0.25, 0.3) is 0 Å². The summed E-state index contributed by atoms with van der Waals surface area (Å²) in [5.41, 5.74) is 0.336. The topological polar surface area (TPSA) is 76.8 Å². The minimum atomic E-state index is -0.241. The summed E-state index contributed by atoms with van der Waals surface area (Å²) < 4.78 is 6.11. The fourth-order valence-corrected chi connectivity index (χ4v) is 7.50. The van der Waals surface area contributed by atoms with Crippen LogP contribution in [0.4, 0.5) is 0 Å². The summed E-state index contributed by atoms with van der Waals surface area (Å²) in [6.07, 6.45) is 6.65. The molecule has 3 saturated carbocycles. The Morgan fingerprint density at radius 3 is 2.67 bits per heavy atom. The Kier molecular flexibility index (Phi) is 2.77. The zero-order valence-electron chi connectivity index (χ0n) is 14.6. The smallest absolute Gasteiger partial charge is 0.146 e. The molecule has 1 heterocycles. The van der Waals surface area contributed by atoms with E-state index in [0.717, 1.165) is 38.5 Å². The third-order valence-electron chi connectivity index (χ3n) is 8.95. The summed E-state index contributed by atoms with van der Waals surface area (Å²) in [5.74, 6) is 1.96. The van der Waals surface area contributed by atoms with Crippen molar-refractivity contribution in [1.29, 1.82) is 5.26 Å². The van der Waals surface area contributed by atoms with E-state index in [9.17, 15) is 15.5 Å². The second-order valence-corrected chi connectivity index (χ2v) is 9.51. The van der Waals surface area contributed by atoms with Gasteiger partial charge >= 0.3 is 0 Å². The first kappa shape index (κ1) is 15.2. The van der Waals surface area contributed by atoms with Gasteiger partial charge in [-0.3, -0.25) is 0 Å². The summed E-state index contributed by atoms with van der Waals surface area (Å²) >= 11 is 0. The van der Waals surface area contributed by atoms with Gasteiger partial charge in [0.15, 0.2) is 0 Å². The van der Waals surface area contributed by atoms with Gasteiger partial charge in [0, 0.05) is 5.41 Å². The van der Waals surface area contributed by atoms with E-state index in [0.29, 0.717) is 29.7 Å². The van der Waals surface area contributed by atoms with Gasteiger partial charge in [-0.25, -0.2) is 0 Å². The van der Waals surface area contributed by atoms with E-state index >= 15 is 0 Å². The molecule has 4 nitrogen and oxygen atoms in total. The van der Waals surface area contributed by atoms with Crippen molar-refractivity contribution < 1.29 is 14.9 Å². The van der Waals surface area contributed by atoms with Crippen molar-refractivity contribution >= 4 is 0 Å². The van der Waals surface area contributed by atoms with Gasteiger partial charge in [0.05, 0.1) is 17.7 Å². The summed E-state index contributed by atoms with van der Waals surface area (Å²) in [6.45, 7) is 4.60. The molecular weight excluding hydrogens is 302 g/mol. The maximum atomic E-state index is 10.5. The number of rotatable bonds is 0. The molecule has 1 spiro atoms. The van der Waals surface area contributed by atoms with Crippen molar-refractivity contribution in [3.05, 3.63) is 11.3 Å². The minimum absolute atomic E-state index is 0.0489. The highest BCUT2D eigenvalue weighted by molar-refractivity contribution is 5.41. The monoisotopic (exact) mass is 329 g/mol. The van der Waals surface area contributed by atoms with Crippen LogP contribution in [0.15, 0.2) is 11.3 Å². The Bertz CT molecular complexity index is 681. The zero-order valence-corrected chi connectivity index (χ0v) is 14.6. The fourth-order valence-electron chi connectivity index (χ4n) is 7.50. The first-order valence-electron chi connectivity index (χ1n) is 9.55. The van der Waals surface area contributed by atoms with Gasteiger partial charge in [-0.2, -0.15) is 5.26 Å². The van der Waals surface area contributed by atoms with E-state index in [1.807, 2.05) is 0 Å². The Labute approximate surface area is 143 Å². The van der Waals surface area contributed by atoms with E-state index in [1.165, 1.54) is 0 Å². The summed E-state index contributed by atoms with van der Waals surface area (Å²) in [7, 11) is 0. The number of allylic oxidation sites excluding steroid dienone is 1. The van der Waals surface area contributed by atoms with Crippen molar-refractivity contribution in [3.63, 3.8) is 0 Å². The zero-order chi connectivity index (χ0) is 16.9. The lowest BCUT2D eigenvalue weighted by atomic mass is 9.45. The van der Waals surface area contributed by atoms with E-state index in [4.69, 9.17) is 4.74 Å². The molecule has 0 radical (unpaired) electrons. The lowest BCUT2D eigenvalue weighted by Crippen LogP contribution is -2.57. The maximum absolute atomic E-state index is 10.5. The quantitative estimate of drug-likeness (QED) is 0.667. The highest BCUT2D eigenvalue weighted by Gasteiger charge is 2.76. The van der Waals surface area contributed by atoms with E-state index in [1.54, 1.807) is 0 Å². The van der Waals surface area contributed by atoms with Gasteiger partial charge in [0.1, 0.15) is 17.5 Å². The van der Waals surface area contributed by atoms with Crippen LogP contribution in [0.2, 0.25) is 0 Å². The van der Waals surface area contributed by atoms with Crippen molar-refractivity contribution in [2.45, 2.75) is 76.6 Å². The summed E-state index contributed by atoms with van der Waals surface area (Å²) in [5, 5.41) is 30.4. The Morgan fingerprint density at radius 2 is 1.92 bits per heavy atom. The maximum Gasteiger partial charge on any atom is 0.146 e. The molecule has 0 aromatic rings. The molecule has 4 fully saturated rings.